The molecule has 1 aliphatic rings. The van der Waals surface area contributed by atoms with Crippen molar-refractivity contribution in [2.24, 2.45) is 0 Å². The summed E-state index contributed by atoms with van der Waals surface area (Å²) in [5, 5.41) is 10.0. The van der Waals surface area contributed by atoms with Crippen molar-refractivity contribution in [1.29, 1.82) is 0 Å². The minimum absolute atomic E-state index is 0.121. The zero-order valence-corrected chi connectivity index (χ0v) is 12.2. The molecule has 0 saturated carbocycles. The summed E-state index contributed by atoms with van der Waals surface area (Å²) in [6.45, 7) is 1.85. The van der Waals surface area contributed by atoms with Crippen LogP contribution in [0.4, 0.5) is 0 Å². The fourth-order valence-electron chi connectivity index (χ4n) is 1.67. The minimum Gasteiger partial charge on any atom is -0.387 e. The fraction of sp³-hybridized carbons (Fsp3) is 0.400. The third-order valence-electron chi connectivity index (χ3n) is 2.56. The lowest BCUT2D eigenvalue weighted by Gasteiger charge is -2.42. The first-order chi connectivity index (χ1) is 7.72. The maximum atomic E-state index is 12.1. The van der Waals surface area contributed by atoms with Crippen molar-refractivity contribution in [2.75, 3.05) is 13.1 Å². The van der Waals surface area contributed by atoms with Crippen molar-refractivity contribution >= 4 is 37.6 Å². The summed E-state index contributed by atoms with van der Waals surface area (Å²) in [4.78, 5) is 0.171. The molecule has 0 aromatic heterocycles. The largest absolute Gasteiger partial charge is 0.387 e. The number of hydrogen-bond donors (Lipinski definition) is 1. The van der Waals surface area contributed by atoms with Crippen molar-refractivity contribution in [3.8, 4) is 0 Å². The Balaban J connectivity index is 2.30. The Morgan fingerprint density at radius 3 is 2.53 bits per heavy atom. The van der Waals surface area contributed by atoms with Gasteiger partial charge in [-0.3, -0.25) is 0 Å². The van der Waals surface area contributed by atoms with Crippen LogP contribution in [-0.2, 0) is 10.0 Å². The van der Waals surface area contributed by atoms with E-state index in [9.17, 15) is 13.5 Å². The van der Waals surface area contributed by atoms with Crippen LogP contribution in [0.25, 0.3) is 0 Å². The maximum Gasteiger partial charge on any atom is 0.243 e. The molecule has 1 aliphatic heterocycles. The Morgan fingerprint density at radius 2 is 2.06 bits per heavy atom. The van der Waals surface area contributed by atoms with Crippen LogP contribution >= 0.6 is 27.5 Å². The minimum atomic E-state index is -3.53. The molecule has 1 aromatic carbocycles. The highest BCUT2D eigenvalue weighted by molar-refractivity contribution is 9.10. The summed E-state index contributed by atoms with van der Waals surface area (Å²) in [5.74, 6) is 0. The van der Waals surface area contributed by atoms with Crippen LogP contribution < -0.4 is 0 Å². The number of halogens is 2. The SMILES string of the molecule is CC1(O)CN(S(=O)(=O)c2ccc(Cl)c(Br)c2)C1. The summed E-state index contributed by atoms with van der Waals surface area (Å²) >= 11 is 8.99. The molecule has 1 aromatic rings. The predicted molar refractivity (Wildman–Crippen MR) is 68.5 cm³/mol. The molecule has 7 heteroatoms. The van der Waals surface area contributed by atoms with E-state index in [4.69, 9.17) is 11.6 Å². The highest BCUT2D eigenvalue weighted by atomic mass is 79.9. The molecule has 1 fully saturated rings. The van der Waals surface area contributed by atoms with Gasteiger partial charge in [0.25, 0.3) is 0 Å². The molecule has 0 amide bonds. The van der Waals surface area contributed by atoms with Gasteiger partial charge in [0.2, 0.25) is 10.0 Å². The Morgan fingerprint density at radius 1 is 1.47 bits per heavy atom. The second-order valence-electron chi connectivity index (χ2n) is 4.35. The first-order valence-electron chi connectivity index (χ1n) is 4.90. The quantitative estimate of drug-likeness (QED) is 0.894. The van der Waals surface area contributed by atoms with E-state index in [1.54, 1.807) is 6.92 Å². The first-order valence-corrected chi connectivity index (χ1v) is 7.51. The highest BCUT2D eigenvalue weighted by Gasteiger charge is 2.43. The van der Waals surface area contributed by atoms with Crippen molar-refractivity contribution in [2.45, 2.75) is 17.4 Å². The van der Waals surface area contributed by atoms with Crippen molar-refractivity contribution in [3.63, 3.8) is 0 Å². The molecular formula is C10H11BrClNO3S. The zero-order valence-electron chi connectivity index (χ0n) is 9.02. The number of benzene rings is 1. The average molecular weight is 341 g/mol. The van der Waals surface area contributed by atoms with Gasteiger partial charge in [-0.25, -0.2) is 8.42 Å². The van der Waals surface area contributed by atoms with Crippen LogP contribution in [0.5, 0.6) is 0 Å². The lowest BCUT2D eigenvalue weighted by molar-refractivity contribution is -0.0426. The molecule has 0 bridgehead atoms. The number of sulfonamides is 1. The van der Waals surface area contributed by atoms with E-state index in [1.165, 1.54) is 22.5 Å². The standard InChI is InChI=1S/C10H11BrClNO3S/c1-10(14)5-13(6-10)17(15,16)7-2-3-9(12)8(11)4-7/h2-4,14H,5-6H2,1H3. The van der Waals surface area contributed by atoms with E-state index in [1.807, 2.05) is 0 Å². The van der Waals surface area contributed by atoms with Crippen molar-refractivity contribution in [3.05, 3.63) is 27.7 Å². The van der Waals surface area contributed by atoms with Crippen LogP contribution in [0.3, 0.4) is 0 Å². The molecule has 0 aliphatic carbocycles. The Bertz CT molecular complexity index is 551. The van der Waals surface area contributed by atoms with Crippen molar-refractivity contribution < 1.29 is 13.5 Å². The Kier molecular flexibility index (Phi) is 3.29. The summed E-state index contributed by atoms with van der Waals surface area (Å²) in [7, 11) is -3.53. The molecule has 2 rings (SSSR count). The second-order valence-corrected chi connectivity index (χ2v) is 7.55. The Labute approximate surface area is 113 Å². The van der Waals surface area contributed by atoms with E-state index >= 15 is 0 Å². The fourth-order valence-corrected chi connectivity index (χ4v) is 4.02. The summed E-state index contributed by atoms with van der Waals surface area (Å²) in [6.07, 6.45) is 0. The Hall–Kier alpha value is -0.140. The molecule has 0 spiro atoms. The van der Waals surface area contributed by atoms with Gasteiger partial charge >= 0.3 is 0 Å². The molecule has 1 saturated heterocycles. The summed E-state index contributed by atoms with van der Waals surface area (Å²) < 4.78 is 26.0. The van der Waals surface area contributed by atoms with Crippen LogP contribution in [0.1, 0.15) is 6.92 Å². The molecule has 1 heterocycles. The third kappa shape index (κ3) is 2.51. The topological polar surface area (TPSA) is 57.6 Å². The van der Waals surface area contributed by atoms with Crippen molar-refractivity contribution in [1.82, 2.24) is 4.31 Å². The number of rotatable bonds is 2. The molecule has 0 radical (unpaired) electrons. The van der Waals surface area contributed by atoms with Crippen LogP contribution in [-0.4, -0.2) is 36.5 Å². The van der Waals surface area contributed by atoms with Gasteiger partial charge in [0, 0.05) is 17.6 Å². The summed E-state index contributed by atoms with van der Waals surface area (Å²) in [5.41, 5.74) is -0.920. The lowest BCUT2D eigenvalue weighted by atomic mass is 10.0. The molecule has 17 heavy (non-hydrogen) atoms. The predicted octanol–water partition coefficient (Wildman–Crippen LogP) is 1.86. The van der Waals surface area contributed by atoms with Gasteiger partial charge in [-0.15, -0.1) is 0 Å². The lowest BCUT2D eigenvalue weighted by Crippen LogP contribution is -2.61. The van der Waals surface area contributed by atoms with Gasteiger partial charge in [0.15, 0.2) is 0 Å². The van der Waals surface area contributed by atoms with Gasteiger partial charge in [0.1, 0.15) is 0 Å². The van der Waals surface area contributed by atoms with E-state index in [-0.39, 0.29) is 18.0 Å². The molecule has 0 unspecified atom stereocenters. The highest BCUT2D eigenvalue weighted by Crippen LogP contribution is 2.31. The first kappa shape index (κ1) is 13.3. The van der Waals surface area contributed by atoms with E-state index in [0.29, 0.717) is 9.50 Å². The number of β-amino-alcohol motifs (C(OH)–C–C–N with tert-alkyl or cyclic N) is 1. The molecule has 94 valence electrons. The van der Waals surface area contributed by atoms with Crippen LogP contribution in [0.15, 0.2) is 27.6 Å². The molecule has 1 N–H and O–H groups in total. The zero-order chi connectivity index (χ0) is 12.8. The van der Waals surface area contributed by atoms with Gasteiger partial charge < -0.3 is 5.11 Å². The number of aliphatic hydroxyl groups is 1. The van der Waals surface area contributed by atoms with Crippen LogP contribution in [0, 0.1) is 0 Å². The maximum absolute atomic E-state index is 12.1. The van der Waals surface area contributed by atoms with E-state index in [2.05, 4.69) is 15.9 Å². The van der Waals surface area contributed by atoms with E-state index < -0.39 is 15.6 Å². The van der Waals surface area contributed by atoms with E-state index in [0.717, 1.165) is 0 Å². The third-order valence-corrected chi connectivity index (χ3v) is 5.56. The summed E-state index contributed by atoms with van der Waals surface area (Å²) in [6, 6.07) is 4.44. The van der Waals surface area contributed by atoms with Gasteiger partial charge in [-0.2, -0.15) is 4.31 Å². The normalized spacial score (nSPS) is 20.0. The monoisotopic (exact) mass is 339 g/mol. The average Bonchev–Trinajstić information content (AvgIpc) is 2.18. The second kappa shape index (κ2) is 4.20. The number of nitrogens with zero attached hydrogens (tertiary/aromatic N) is 1. The smallest absolute Gasteiger partial charge is 0.243 e. The van der Waals surface area contributed by atoms with Gasteiger partial charge in [-0.1, -0.05) is 11.6 Å². The molecular weight excluding hydrogens is 330 g/mol. The van der Waals surface area contributed by atoms with Gasteiger partial charge in [-0.05, 0) is 41.1 Å². The number of hydrogen-bond acceptors (Lipinski definition) is 3. The van der Waals surface area contributed by atoms with Gasteiger partial charge in [0.05, 0.1) is 15.5 Å². The molecule has 4 nitrogen and oxygen atoms in total. The molecule has 0 atom stereocenters. The van der Waals surface area contributed by atoms with Crippen LogP contribution in [0.2, 0.25) is 5.02 Å².